The van der Waals surface area contributed by atoms with Gasteiger partial charge in [-0.3, -0.25) is 14.8 Å². The van der Waals surface area contributed by atoms with E-state index < -0.39 is 0 Å². The molecule has 0 bridgehead atoms. The fourth-order valence-corrected chi connectivity index (χ4v) is 2.92. The van der Waals surface area contributed by atoms with Crippen LogP contribution in [0.15, 0.2) is 48.8 Å². The Hall–Kier alpha value is -1.71. The highest BCUT2D eigenvalue weighted by molar-refractivity contribution is 5.22. The van der Waals surface area contributed by atoms with Crippen molar-refractivity contribution in [1.29, 1.82) is 0 Å². The highest BCUT2D eigenvalue weighted by atomic mass is 15.3. The zero-order chi connectivity index (χ0) is 14.5. The molecule has 1 aliphatic heterocycles. The number of benzene rings is 1. The molecule has 0 radical (unpaired) electrons. The molecule has 1 saturated heterocycles. The molecule has 0 spiro atoms. The van der Waals surface area contributed by atoms with Crippen molar-refractivity contribution < 1.29 is 0 Å². The smallest absolute Gasteiger partial charge is 0.0312 e. The summed E-state index contributed by atoms with van der Waals surface area (Å²) in [6.07, 6.45) is 3.81. The predicted molar refractivity (Wildman–Crippen MR) is 86.0 cm³/mol. The van der Waals surface area contributed by atoms with Gasteiger partial charge in [0.1, 0.15) is 0 Å². The zero-order valence-electron chi connectivity index (χ0n) is 12.7. The zero-order valence-corrected chi connectivity index (χ0v) is 12.7. The predicted octanol–water partition coefficient (Wildman–Crippen LogP) is 2.71. The van der Waals surface area contributed by atoms with Crippen LogP contribution < -0.4 is 0 Å². The number of aromatic nitrogens is 1. The molecule has 2 aromatic rings. The van der Waals surface area contributed by atoms with Crippen LogP contribution >= 0.6 is 0 Å². The maximum atomic E-state index is 4.19. The Kier molecular flexibility index (Phi) is 4.63. The normalized spacial score (nSPS) is 17.0. The van der Waals surface area contributed by atoms with E-state index >= 15 is 0 Å². The fourth-order valence-electron chi connectivity index (χ4n) is 2.92. The van der Waals surface area contributed by atoms with E-state index in [0.29, 0.717) is 0 Å². The van der Waals surface area contributed by atoms with Gasteiger partial charge in [0, 0.05) is 51.7 Å². The van der Waals surface area contributed by atoms with Crippen LogP contribution in [0.2, 0.25) is 0 Å². The van der Waals surface area contributed by atoms with Crippen molar-refractivity contribution >= 4 is 0 Å². The molecule has 110 valence electrons. The monoisotopic (exact) mass is 281 g/mol. The van der Waals surface area contributed by atoms with Crippen molar-refractivity contribution in [3.05, 3.63) is 65.5 Å². The van der Waals surface area contributed by atoms with Crippen molar-refractivity contribution in [2.75, 3.05) is 26.2 Å². The second-order valence-corrected chi connectivity index (χ2v) is 5.90. The topological polar surface area (TPSA) is 19.4 Å². The highest BCUT2D eigenvalue weighted by Crippen LogP contribution is 2.12. The molecule has 1 aromatic carbocycles. The lowest BCUT2D eigenvalue weighted by molar-refractivity contribution is 0.122. The first-order chi connectivity index (χ1) is 10.3. The Morgan fingerprint density at radius 3 is 2.19 bits per heavy atom. The molecule has 3 nitrogen and oxygen atoms in total. The average molecular weight is 281 g/mol. The van der Waals surface area contributed by atoms with Crippen LogP contribution in [0, 0.1) is 6.92 Å². The number of rotatable bonds is 4. The number of aryl methyl sites for hydroxylation is 1. The Morgan fingerprint density at radius 1 is 0.905 bits per heavy atom. The summed E-state index contributed by atoms with van der Waals surface area (Å²) in [6.45, 7) is 8.83. The average Bonchev–Trinajstić information content (AvgIpc) is 2.50. The highest BCUT2D eigenvalue weighted by Gasteiger charge is 2.17. The van der Waals surface area contributed by atoms with Gasteiger partial charge in [-0.1, -0.05) is 35.9 Å². The minimum atomic E-state index is 1.02. The molecule has 0 saturated carbocycles. The van der Waals surface area contributed by atoms with Crippen molar-refractivity contribution in [3.63, 3.8) is 0 Å². The van der Waals surface area contributed by atoms with Crippen molar-refractivity contribution in [2.24, 2.45) is 0 Å². The van der Waals surface area contributed by atoms with Gasteiger partial charge in [0.25, 0.3) is 0 Å². The quantitative estimate of drug-likeness (QED) is 0.859. The lowest BCUT2D eigenvalue weighted by atomic mass is 10.1. The van der Waals surface area contributed by atoms with E-state index in [-0.39, 0.29) is 0 Å². The second-order valence-electron chi connectivity index (χ2n) is 5.90. The maximum Gasteiger partial charge on any atom is 0.0312 e. The summed E-state index contributed by atoms with van der Waals surface area (Å²) in [7, 11) is 0. The SMILES string of the molecule is Cc1cccc(CN2CCN(Cc3cccnc3)CC2)c1. The maximum absolute atomic E-state index is 4.19. The summed E-state index contributed by atoms with van der Waals surface area (Å²) in [4.78, 5) is 9.26. The Balaban J connectivity index is 1.49. The molecule has 0 atom stereocenters. The van der Waals surface area contributed by atoms with Gasteiger partial charge in [0.05, 0.1) is 0 Å². The molecule has 0 N–H and O–H groups in total. The number of pyridine rings is 1. The molecule has 0 aliphatic carbocycles. The van der Waals surface area contributed by atoms with Gasteiger partial charge in [-0.05, 0) is 24.1 Å². The van der Waals surface area contributed by atoms with E-state index in [4.69, 9.17) is 0 Å². The lowest BCUT2D eigenvalue weighted by Crippen LogP contribution is -2.45. The van der Waals surface area contributed by atoms with Gasteiger partial charge in [0.2, 0.25) is 0 Å². The standard InChI is InChI=1S/C18H23N3/c1-16-4-2-5-17(12-16)14-20-8-10-21(11-9-20)15-18-6-3-7-19-13-18/h2-7,12-13H,8-11,14-15H2,1H3. The summed E-state index contributed by atoms with van der Waals surface area (Å²) < 4.78 is 0. The van der Waals surface area contributed by atoms with Gasteiger partial charge in [-0.25, -0.2) is 0 Å². The van der Waals surface area contributed by atoms with Gasteiger partial charge >= 0.3 is 0 Å². The molecular weight excluding hydrogens is 258 g/mol. The first-order valence-electron chi connectivity index (χ1n) is 7.69. The minimum absolute atomic E-state index is 1.02. The van der Waals surface area contributed by atoms with Gasteiger partial charge in [0.15, 0.2) is 0 Å². The first kappa shape index (κ1) is 14.2. The minimum Gasteiger partial charge on any atom is -0.297 e. The fraction of sp³-hybridized carbons (Fsp3) is 0.389. The van der Waals surface area contributed by atoms with Crippen molar-refractivity contribution in [1.82, 2.24) is 14.8 Å². The third-order valence-corrected chi connectivity index (χ3v) is 4.08. The first-order valence-corrected chi connectivity index (χ1v) is 7.69. The van der Waals surface area contributed by atoms with Gasteiger partial charge < -0.3 is 0 Å². The van der Waals surface area contributed by atoms with E-state index in [0.717, 1.165) is 39.3 Å². The summed E-state index contributed by atoms with van der Waals surface area (Å²) >= 11 is 0. The van der Waals surface area contributed by atoms with Gasteiger partial charge in [-0.15, -0.1) is 0 Å². The lowest BCUT2D eigenvalue weighted by Gasteiger charge is -2.34. The van der Waals surface area contributed by atoms with Crippen LogP contribution in [0.3, 0.4) is 0 Å². The Morgan fingerprint density at radius 2 is 1.57 bits per heavy atom. The van der Waals surface area contributed by atoms with Crippen molar-refractivity contribution in [3.8, 4) is 0 Å². The Labute approximate surface area is 127 Å². The van der Waals surface area contributed by atoms with Crippen LogP contribution in [0.25, 0.3) is 0 Å². The van der Waals surface area contributed by atoms with Crippen LogP contribution in [0.5, 0.6) is 0 Å². The molecule has 1 aliphatic rings. The molecule has 1 fully saturated rings. The number of nitrogens with zero attached hydrogens (tertiary/aromatic N) is 3. The summed E-state index contributed by atoms with van der Waals surface area (Å²) in [5.74, 6) is 0. The van der Waals surface area contributed by atoms with E-state index in [1.807, 2.05) is 18.5 Å². The number of hydrogen-bond acceptors (Lipinski definition) is 3. The van der Waals surface area contributed by atoms with E-state index in [1.165, 1.54) is 16.7 Å². The third-order valence-electron chi connectivity index (χ3n) is 4.08. The third kappa shape index (κ3) is 4.13. The summed E-state index contributed by atoms with van der Waals surface area (Å²) in [5.41, 5.74) is 4.09. The number of hydrogen-bond donors (Lipinski definition) is 0. The molecule has 21 heavy (non-hydrogen) atoms. The molecule has 1 aromatic heterocycles. The van der Waals surface area contributed by atoms with Crippen LogP contribution in [0.4, 0.5) is 0 Å². The Bertz CT molecular complexity index is 560. The molecule has 3 heteroatoms. The summed E-state index contributed by atoms with van der Waals surface area (Å²) in [5, 5.41) is 0. The molecule has 0 amide bonds. The molecule has 2 heterocycles. The van der Waals surface area contributed by atoms with Crippen LogP contribution in [-0.4, -0.2) is 41.0 Å². The molecular formula is C18H23N3. The second kappa shape index (κ2) is 6.83. The van der Waals surface area contributed by atoms with E-state index in [2.05, 4.69) is 52.0 Å². The molecule has 3 rings (SSSR count). The van der Waals surface area contributed by atoms with E-state index in [9.17, 15) is 0 Å². The van der Waals surface area contributed by atoms with E-state index in [1.54, 1.807) is 0 Å². The van der Waals surface area contributed by atoms with Crippen LogP contribution in [-0.2, 0) is 13.1 Å². The largest absolute Gasteiger partial charge is 0.297 e. The number of piperazine rings is 1. The van der Waals surface area contributed by atoms with Crippen LogP contribution in [0.1, 0.15) is 16.7 Å². The van der Waals surface area contributed by atoms with Gasteiger partial charge in [-0.2, -0.15) is 0 Å². The molecule has 0 unspecified atom stereocenters. The summed E-state index contributed by atoms with van der Waals surface area (Å²) in [6, 6.07) is 13.0. The van der Waals surface area contributed by atoms with Crippen molar-refractivity contribution in [2.45, 2.75) is 20.0 Å².